The summed E-state index contributed by atoms with van der Waals surface area (Å²) in [7, 11) is 0. The molecule has 1 amide bonds. The Kier molecular flexibility index (Phi) is 3.70. The van der Waals surface area contributed by atoms with Crippen molar-refractivity contribution in [3.8, 4) is 18.1 Å². The number of nitrogens with zero attached hydrogens (tertiary/aromatic N) is 1. The minimum absolute atomic E-state index is 0.0352. The molecule has 94 valence electrons. The van der Waals surface area contributed by atoms with Crippen molar-refractivity contribution < 1.29 is 14.3 Å². The molecule has 1 aromatic rings. The lowest BCUT2D eigenvalue weighted by molar-refractivity contribution is 0.178. The fraction of sp³-hybridized carbons (Fsp3) is 0.182. The molecule has 18 heavy (non-hydrogen) atoms. The number of rotatable bonds is 3. The van der Waals surface area contributed by atoms with E-state index in [1.165, 1.54) is 5.01 Å². The van der Waals surface area contributed by atoms with Crippen LogP contribution in [0, 0.1) is 12.3 Å². The second kappa shape index (κ2) is 5.25. The number of hydrogen-bond donors (Lipinski definition) is 1. The summed E-state index contributed by atoms with van der Waals surface area (Å²) in [6.45, 7) is 0.147. The van der Waals surface area contributed by atoms with Crippen LogP contribution in [0.4, 0.5) is 10.5 Å². The Bertz CT molecular complexity index is 528. The third kappa shape index (κ3) is 2.55. The average Bonchev–Trinajstić information content (AvgIpc) is 2.77. The van der Waals surface area contributed by atoms with Gasteiger partial charge in [-0.15, -0.1) is 6.42 Å². The van der Waals surface area contributed by atoms with Crippen molar-refractivity contribution in [1.82, 2.24) is 5.43 Å². The van der Waals surface area contributed by atoms with Crippen LogP contribution in [-0.2, 0) is 4.74 Å². The van der Waals surface area contributed by atoms with Crippen LogP contribution >= 0.6 is 23.2 Å². The molecule has 2 rings (SSSR count). The van der Waals surface area contributed by atoms with Crippen LogP contribution in [0.2, 0.25) is 10.0 Å². The Morgan fingerprint density at radius 1 is 1.56 bits per heavy atom. The first-order valence-corrected chi connectivity index (χ1v) is 5.63. The summed E-state index contributed by atoms with van der Waals surface area (Å²) in [5, 5.41) is 2.00. The van der Waals surface area contributed by atoms with Crippen molar-refractivity contribution in [1.29, 1.82) is 0 Å². The van der Waals surface area contributed by atoms with Crippen molar-refractivity contribution in [2.45, 2.75) is 0 Å². The van der Waals surface area contributed by atoms with Gasteiger partial charge in [0.2, 0.25) is 0 Å². The molecule has 1 fully saturated rings. The van der Waals surface area contributed by atoms with Gasteiger partial charge in [-0.3, -0.25) is 0 Å². The van der Waals surface area contributed by atoms with Crippen molar-refractivity contribution >= 4 is 35.0 Å². The normalized spacial score (nSPS) is 13.8. The van der Waals surface area contributed by atoms with Crippen molar-refractivity contribution in [3.05, 3.63) is 22.2 Å². The van der Waals surface area contributed by atoms with Gasteiger partial charge in [-0.25, -0.2) is 15.2 Å². The summed E-state index contributed by atoms with van der Waals surface area (Å²) in [5.41, 5.74) is 2.93. The number of hydrazine groups is 1. The number of nitrogens with one attached hydrogen (secondary N) is 1. The van der Waals surface area contributed by atoms with Crippen LogP contribution < -0.4 is 15.2 Å². The van der Waals surface area contributed by atoms with Crippen molar-refractivity contribution in [3.63, 3.8) is 0 Å². The Balaban J connectivity index is 2.30. The fourth-order valence-corrected chi connectivity index (χ4v) is 1.80. The molecule has 1 heterocycles. The lowest BCUT2D eigenvalue weighted by atomic mass is 10.3. The maximum absolute atomic E-state index is 11.0. The van der Waals surface area contributed by atoms with E-state index in [0.717, 1.165) is 0 Å². The summed E-state index contributed by atoms with van der Waals surface area (Å²) in [6.07, 6.45) is 4.54. The third-order valence-corrected chi connectivity index (χ3v) is 2.94. The van der Waals surface area contributed by atoms with E-state index < -0.39 is 6.09 Å². The van der Waals surface area contributed by atoms with Gasteiger partial charge in [0.1, 0.15) is 12.4 Å². The molecule has 1 saturated heterocycles. The van der Waals surface area contributed by atoms with Gasteiger partial charge in [-0.2, -0.15) is 0 Å². The molecule has 0 radical (unpaired) electrons. The molecule has 0 spiro atoms. The highest BCUT2D eigenvalue weighted by atomic mass is 35.5. The highest BCUT2D eigenvalue weighted by Crippen LogP contribution is 2.36. The number of benzene rings is 1. The molecule has 7 heteroatoms. The predicted octanol–water partition coefficient (Wildman–Crippen LogP) is 2.42. The molecule has 5 nitrogen and oxygen atoms in total. The molecule has 0 atom stereocenters. The molecule has 0 aromatic heterocycles. The number of hydrogen-bond acceptors (Lipinski definition) is 4. The van der Waals surface area contributed by atoms with Gasteiger partial charge in [0.25, 0.3) is 0 Å². The van der Waals surface area contributed by atoms with Gasteiger partial charge in [-0.05, 0) is 0 Å². The molecule has 0 unspecified atom stereocenters. The molecule has 1 aliphatic rings. The highest BCUT2D eigenvalue weighted by molar-refractivity contribution is 6.43. The monoisotopic (exact) mass is 286 g/mol. The second-order valence-electron chi connectivity index (χ2n) is 3.33. The average molecular weight is 287 g/mol. The lowest BCUT2D eigenvalue weighted by Gasteiger charge is -2.17. The van der Waals surface area contributed by atoms with Crippen LogP contribution in [0.1, 0.15) is 0 Å². The van der Waals surface area contributed by atoms with Gasteiger partial charge in [0, 0.05) is 12.1 Å². The summed E-state index contributed by atoms with van der Waals surface area (Å²) in [4.78, 5) is 11.0. The van der Waals surface area contributed by atoms with E-state index in [-0.39, 0.29) is 18.4 Å². The molecule has 1 N–H and O–H groups in total. The number of anilines is 1. The summed E-state index contributed by atoms with van der Waals surface area (Å²) < 4.78 is 10.00. The fourth-order valence-electron chi connectivity index (χ4n) is 1.38. The SMILES string of the molecule is C#CCOc1cc(Cl)c(Cl)c(N2COC(=O)N2)c1. The van der Waals surface area contributed by atoms with E-state index in [0.29, 0.717) is 16.5 Å². The first-order chi connectivity index (χ1) is 8.61. The number of amides is 1. The Hall–Kier alpha value is -1.77. The first kappa shape index (κ1) is 12.7. The van der Waals surface area contributed by atoms with E-state index in [9.17, 15) is 4.79 Å². The van der Waals surface area contributed by atoms with Crippen LogP contribution in [0.3, 0.4) is 0 Å². The molecule has 0 saturated carbocycles. The smallest absolute Gasteiger partial charge is 0.428 e. The standard InChI is InChI=1S/C11H8Cl2N2O3/c1-2-3-17-7-4-8(12)10(13)9(5-7)15-6-18-11(16)14-15/h1,4-5H,3,6H2,(H,14,16). The van der Waals surface area contributed by atoms with Crippen molar-refractivity contribution in [2.24, 2.45) is 0 Å². The molecule has 0 bridgehead atoms. The number of carbonyl (C=O) groups is 1. The quantitative estimate of drug-likeness (QED) is 0.867. The van der Waals surface area contributed by atoms with Crippen LogP contribution in [-0.4, -0.2) is 19.4 Å². The minimum Gasteiger partial charge on any atom is -0.481 e. The summed E-state index contributed by atoms with van der Waals surface area (Å²) in [5.74, 6) is 2.80. The van der Waals surface area contributed by atoms with Crippen LogP contribution in [0.15, 0.2) is 12.1 Å². The van der Waals surface area contributed by atoms with Gasteiger partial charge >= 0.3 is 6.09 Å². The number of cyclic esters (lactones) is 1. The first-order valence-electron chi connectivity index (χ1n) is 4.88. The minimum atomic E-state index is -0.558. The van der Waals surface area contributed by atoms with E-state index in [1.807, 2.05) is 0 Å². The second-order valence-corrected chi connectivity index (χ2v) is 4.12. The number of terminal acetylenes is 1. The van der Waals surface area contributed by atoms with Crippen molar-refractivity contribution in [2.75, 3.05) is 18.3 Å². The van der Waals surface area contributed by atoms with Gasteiger partial charge < -0.3 is 9.47 Å². The Morgan fingerprint density at radius 2 is 2.33 bits per heavy atom. The van der Waals surface area contributed by atoms with E-state index in [1.54, 1.807) is 12.1 Å². The molecule has 0 aliphatic carbocycles. The zero-order valence-corrected chi connectivity index (χ0v) is 10.6. The Labute approximate surface area is 114 Å². The number of ether oxygens (including phenoxy) is 2. The van der Waals surface area contributed by atoms with Crippen LogP contribution in [0.25, 0.3) is 0 Å². The van der Waals surface area contributed by atoms with E-state index in [2.05, 4.69) is 11.3 Å². The maximum atomic E-state index is 11.0. The predicted molar refractivity (Wildman–Crippen MR) is 67.8 cm³/mol. The van der Waals surface area contributed by atoms with Gasteiger partial charge in [0.15, 0.2) is 6.73 Å². The molecular formula is C11H8Cl2N2O3. The van der Waals surface area contributed by atoms with Crippen LogP contribution in [0.5, 0.6) is 5.75 Å². The van der Waals surface area contributed by atoms with Gasteiger partial charge in [-0.1, -0.05) is 29.1 Å². The number of halogens is 2. The molecule has 1 aliphatic heterocycles. The van der Waals surface area contributed by atoms with Gasteiger partial charge in [0.05, 0.1) is 15.7 Å². The molecular weight excluding hydrogens is 279 g/mol. The lowest BCUT2D eigenvalue weighted by Crippen LogP contribution is -2.32. The third-order valence-electron chi connectivity index (χ3n) is 2.15. The number of carbonyl (C=O) groups excluding carboxylic acids is 1. The largest absolute Gasteiger partial charge is 0.481 e. The zero-order chi connectivity index (χ0) is 13.1. The topological polar surface area (TPSA) is 50.8 Å². The highest BCUT2D eigenvalue weighted by Gasteiger charge is 2.23. The maximum Gasteiger partial charge on any atom is 0.428 e. The summed E-state index contributed by atoms with van der Waals surface area (Å²) in [6, 6.07) is 3.16. The molecule has 1 aromatic carbocycles. The summed E-state index contributed by atoms with van der Waals surface area (Å²) >= 11 is 12.0. The Morgan fingerprint density at radius 3 is 2.94 bits per heavy atom. The zero-order valence-electron chi connectivity index (χ0n) is 9.07. The van der Waals surface area contributed by atoms with E-state index in [4.69, 9.17) is 39.1 Å². The van der Waals surface area contributed by atoms with E-state index >= 15 is 0 Å².